The summed E-state index contributed by atoms with van der Waals surface area (Å²) in [6, 6.07) is 1.39. The smallest absolute Gasteiger partial charge is 0.264 e. The maximum atomic E-state index is 13.3. The van der Waals surface area contributed by atoms with Crippen LogP contribution in [0.3, 0.4) is 0 Å². The van der Waals surface area contributed by atoms with E-state index >= 15 is 0 Å². The molecule has 1 amide bonds. The van der Waals surface area contributed by atoms with Crippen molar-refractivity contribution in [1.82, 2.24) is 19.7 Å². The molecule has 0 spiro atoms. The van der Waals surface area contributed by atoms with E-state index in [-0.39, 0.29) is 18.0 Å². The maximum absolute atomic E-state index is 13.3. The van der Waals surface area contributed by atoms with Crippen molar-refractivity contribution in [3.8, 4) is 0 Å². The molecule has 1 aliphatic heterocycles. The van der Waals surface area contributed by atoms with E-state index in [0.29, 0.717) is 22.4 Å². The van der Waals surface area contributed by atoms with E-state index in [2.05, 4.69) is 10.1 Å². The summed E-state index contributed by atoms with van der Waals surface area (Å²) in [5.74, 6) is -0.0248. The molecular formula is C17H22F2N4O. The Balaban J connectivity index is 1.93. The SMILES string of the molecule is Cc1cc(C(F)F)c2c(C)nn(CC(=O)N3CCCCCC3)c2n1. The predicted octanol–water partition coefficient (Wildman–Crippen LogP) is 3.39. The number of carbonyl (C=O) groups excluding carboxylic acids is 1. The number of alkyl halides is 2. The van der Waals surface area contributed by atoms with E-state index in [1.807, 2.05) is 4.90 Å². The van der Waals surface area contributed by atoms with Crippen LogP contribution >= 0.6 is 0 Å². The van der Waals surface area contributed by atoms with Gasteiger partial charge in [0.1, 0.15) is 6.54 Å². The van der Waals surface area contributed by atoms with Crippen molar-refractivity contribution in [2.24, 2.45) is 0 Å². The Labute approximate surface area is 139 Å². The zero-order chi connectivity index (χ0) is 17.3. The quantitative estimate of drug-likeness (QED) is 0.863. The first-order valence-corrected chi connectivity index (χ1v) is 8.38. The lowest BCUT2D eigenvalue weighted by atomic mass is 10.1. The Morgan fingerprint density at radius 1 is 1.21 bits per heavy atom. The van der Waals surface area contributed by atoms with Crippen molar-refractivity contribution in [3.05, 3.63) is 23.0 Å². The van der Waals surface area contributed by atoms with Crippen LogP contribution in [0.15, 0.2) is 6.07 Å². The third-order valence-electron chi connectivity index (χ3n) is 4.51. The van der Waals surface area contributed by atoms with Gasteiger partial charge in [-0.3, -0.25) is 4.79 Å². The molecular weight excluding hydrogens is 314 g/mol. The third kappa shape index (κ3) is 3.25. The Morgan fingerprint density at radius 2 is 1.88 bits per heavy atom. The number of hydrogen-bond acceptors (Lipinski definition) is 3. The molecule has 0 aromatic carbocycles. The lowest BCUT2D eigenvalue weighted by molar-refractivity contribution is -0.131. The van der Waals surface area contributed by atoms with Crippen molar-refractivity contribution in [2.75, 3.05) is 13.1 Å². The van der Waals surface area contributed by atoms with Gasteiger partial charge in [0.15, 0.2) is 5.65 Å². The summed E-state index contributed by atoms with van der Waals surface area (Å²) < 4.78 is 28.1. The van der Waals surface area contributed by atoms with E-state index in [1.54, 1.807) is 13.8 Å². The molecule has 1 fully saturated rings. The molecule has 24 heavy (non-hydrogen) atoms. The fourth-order valence-corrected chi connectivity index (χ4v) is 3.35. The molecule has 0 atom stereocenters. The van der Waals surface area contributed by atoms with Gasteiger partial charge in [-0.2, -0.15) is 5.10 Å². The van der Waals surface area contributed by atoms with Gasteiger partial charge in [0, 0.05) is 24.3 Å². The fraction of sp³-hybridized carbons (Fsp3) is 0.588. The monoisotopic (exact) mass is 336 g/mol. The topological polar surface area (TPSA) is 51.0 Å². The third-order valence-corrected chi connectivity index (χ3v) is 4.51. The normalized spacial score (nSPS) is 16.0. The Hall–Kier alpha value is -2.05. The maximum Gasteiger partial charge on any atom is 0.264 e. The van der Waals surface area contributed by atoms with Gasteiger partial charge in [-0.25, -0.2) is 18.4 Å². The zero-order valence-corrected chi connectivity index (χ0v) is 14.1. The number of amides is 1. The van der Waals surface area contributed by atoms with Crippen LogP contribution in [0.4, 0.5) is 8.78 Å². The summed E-state index contributed by atoms with van der Waals surface area (Å²) in [5.41, 5.74) is 1.28. The standard InChI is InChI=1S/C17H22F2N4O/c1-11-9-13(16(18)19)15-12(2)21-23(17(15)20-11)10-14(24)22-7-5-3-4-6-8-22/h9,16H,3-8,10H2,1-2H3. The van der Waals surface area contributed by atoms with Crippen molar-refractivity contribution in [1.29, 1.82) is 0 Å². The van der Waals surface area contributed by atoms with Crippen molar-refractivity contribution in [3.63, 3.8) is 0 Å². The first kappa shape index (κ1) is 16.8. The molecule has 5 nitrogen and oxygen atoms in total. The molecule has 0 bridgehead atoms. The van der Waals surface area contributed by atoms with Crippen LogP contribution in [-0.2, 0) is 11.3 Å². The number of halogens is 2. The van der Waals surface area contributed by atoms with Crippen LogP contribution in [0.5, 0.6) is 0 Å². The molecule has 7 heteroatoms. The predicted molar refractivity (Wildman–Crippen MR) is 87.0 cm³/mol. The van der Waals surface area contributed by atoms with E-state index < -0.39 is 6.43 Å². The summed E-state index contributed by atoms with van der Waals surface area (Å²) in [7, 11) is 0. The highest BCUT2D eigenvalue weighted by molar-refractivity contribution is 5.84. The van der Waals surface area contributed by atoms with Crippen LogP contribution in [0.2, 0.25) is 0 Å². The number of aromatic nitrogens is 3. The van der Waals surface area contributed by atoms with Crippen molar-refractivity contribution < 1.29 is 13.6 Å². The second-order valence-electron chi connectivity index (χ2n) is 6.39. The Morgan fingerprint density at radius 3 is 2.50 bits per heavy atom. The van der Waals surface area contributed by atoms with Crippen LogP contribution in [0, 0.1) is 13.8 Å². The lowest BCUT2D eigenvalue weighted by Crippen LogP contribution is -2.34. The number of rotatable bonds is 3. The molecule has 2 aromatic heterocycles. The molecule has 0 N–H and O–H groups in total. The van der Waals surface area contributed by atoms with Crippen molar-refractivity contribution >= 4 is 16.9 Å². The molecule has 130 valence electrons. The first-order chi connectivity index (χ1) is 11.5. The largest absolute Gasteiger partial charge is 0.341 e. The highest BCUT2D eigenvalue weighted by atomic mass is 19.3. The number of nitrogens with zero attached hydrogens (tertiary/aromatic N) is 4. The van der Waals surface area contributed by atoms with Gasteiger partial charge in [-0.15, -0.1) is 0 Å². The van der Waals surface area contributed by atoms with Crippen molar-refractivity contribution in [2.45, 2.75) is 52.5 Å². The summed E-state index contributed by atoms with van der Waals surface area (Å²) in [4.78, 5) is 18.8. The highest BCUT2D eigenvalue weighted by Gasteiger charge is 2.22. The summed E-state index contributed by atoms with van der Waals surface area (Å²) in [6.07, 6.45) is 1.72. The molecule has 0 radical (unpaired) electrons. The molecule has 0 unspecified atom stereocenters. The summed E-state index contributed by atoms with van der Waals surface area (Å²) in [6.45, 7) is 4.91. The molecule has 1 aliphatic rings. The first-order valence-electron chi connectivity index (χ1n) is 8.38. The van der Waals surface area contributed by atoms with Crippen LogP contribution in [0.25, 0.3) is 11.0 Å². The second-order valence-corrected chi connectivity index (χ2v) is 6.39. The number of likely N-dealkylation sites (tertiary alicyclic amines) is 1. The average Bonchev–Trinajstić information content (AvgIpc) is 2.73. The van der Waals surface area contributed by atoms with Gasteiger partial charge in [0.2, 0.25) is 5.91 Å². The molecule has 1 saturated heterocycles. The number of hydrogen-bond donors (Lipinski definition) is 0. The highest BCUT2D eigenvalue weighted by Crippen LogP contribution is 2.30. The second kappa shape index (κ2) is 6.83. The number of carbonyl (C=O) groups is 1. The van der Waals surface area contributed by atoms with Gasteiger partial charge in [-0.05, 0) is 32.8 Å². The summed E-state index contributed by atoms with van der Waals surface area (Å²) in [5, 5.41) is 4.67. The molecule has 0 aliphatic carbocycles. The molecule has 3 rings (SSSR count). The fourth-order valence-electron chi connectivity index (χ4n) is 3.35. The Bertz CT molecular complexity index is 749. The number of pyridine rings is 1. The molecule has 0 saturated carbocycles. The van der Waals surface area contributed by atoms with Gasteiger partial charge in [-0.1, -0.05) is 12.8 Å². The van der Waals surface area contributed by atoms with Gasteiger partial charge >= 0.3 is 0 Å². The van der Waals surface area contributed by atoms with E-state index in [0.717, 1.165) is 38.8 Å². The number of aryl methyl sites for hydroxylation is 2. The van der Waals surface area contributed by atoms with Gasteiger partial charge < -0.3 is 4.90 Å². The minimum Gasteiger partial charge on any atom is -0.341 e. The van der Waals surface area contributed by atoms with Gasteiger partial charge in [0.05, 0.1) is 11.1 Å². The van der Waals surface area contributed by atoms with E-state index in [4.69, 9.17) is 0 Å². The summed E-state index contributed by atoms with van der Waals surface area (Å²) >= 11 is 0. The van der Waals surface area contributed by atoms with Crippen LogP contribution in [0.1, 0.15) is 49.1 Å². The Kier molecular flexibility index (Phi) is 4.78. The minimum absolute atomic E-state index is 0.0248. The molecule has 2 aromatic rings. The van der Waals surface area contributed by atoms with Crippen LogP contribution < -0.4 is 0 Å². The lowest BCUT2D eigenvalue weighted by Gasteiger charge is -2.20. The zero-order valence-electron chi connectivity index (χ0n) is 14.1. The van der Waals surface area contributed by atoms with Crippen LogP contribution in [-0.4, -0.2) is 38.7 Å². The van der Waals surface area contributed by atoms with Gasteiger partial charge in [0.25, 0.3) is 6.43 Å². The minimum atomic E-state index is -2.59. The van der Waals surface area contributed by atoms with E-state index in [9.17, 15) is 13.6 Å². The molecule has 3 heterocycles. The average molecular weight is 336 g/mol. The van der Waals surface area contributed by atoms with E-state index in [1.165, 1.54) is 10.7 Å². The number of fused-ring (bicyclic) bond motifs is 1.